The SMILES string of the molecule is C=CCS(=O)(=O)c1ccccc1C(=O)c1ccc2n1CCC2C(=O)OC. The van der Waals surface area contributed by atoms with Crippen LogP contribution < -0.4 is 0 Å². The Labute approximate surface area is 152 Å². The third kappa shape index (κ3) is 2.99. The Bertz CT molecular complexity index is 987. The van der Waals surface area contributed by atoms with Gasteiger partial charge in [0.15, 0.2) is 9.84 Å². The van der Waals surface area contributed by atoms with Crippen LogP contribution in [0, 0.1) is 0 Å². The molecule has 7 heteroatoms. The Morgan fingerprint density at radius 1 is 1.27 bits per heavy atom. The van der Waals surface area contributed by atoms with Gasteiger partial charge in [-0.05, 0) is 30.7 Å². The predicted octanol–water partition coefficient (Wildman–Crippen LogP) is 2.34. The van der Waals surface area contributed by atoms with Crippen LogP contribution in [0.25, 0.3) is 0 Å². The summed E-state index contributed by atoms with van der Waals surface area (Å²) in [7, 11) is -2.31. The van der Waals surface area contributed by atoms with Gasteiger partial charge in [-0.15, -0.1) is 6.58 Å². The molecule has 2 aromatic rings. The molecule has 1 aromatic heterocycles. The molecule has 0 saturated heterocycles. The smallest absolute Gasteiger partial charge is 0.314 e. The summed E-state index contributed by atoms with van der Waals surface area (Å²) in [6, 6.07) is 9.50. The summed E-state index contributed by atoms with van der Waals surface area (Å²) in [4.78, 5) is 24.9. The number of ketones is 1. The summed E-state index contributed by atoms with van der Waals surface area (Å²) in [5.74, 6) is -1.37. The molecule has 136 valence electrons. The third-order valence-corrected chi connectivity index (χ3v) is 6.24. The number of aromatic nitrogens is 1. The third-order valence-electron chi connectivity index (χ3n) is 4.54. The number of hydrogen-bond donors (Lipinski definition) is 0. The molecule has 0 fully saturated rings. The molecule has 0 bridgehead atoms. The molecular weight excluding hydrogens is 354 g/mol. The van der Waals surface area contributed by atoms with E-state index in [0.717, 1.165) is 0 Å². The second-order valence-corrected chi connectivity index (χ2v) is 8.06. The summed E-state index contributed by atoms with van der Waals surface area (Å²) in [5.41, 5.74) is 1.20. The number of carbonyl (C=O) groups is 2. The lowest BCUT2D eigenvalue weighted by Crippen LogP contribution is -2.15. The van der Waals surface area contributed by atoms with Crippen molar-refractivity contribution >= 4 is 21.6 Å². The van der Waals surface area contributed by atoms with Crippen LogP contribution in [0.15, 0.2) is 53.9 Å². The van der Waals surface area contributed by atoms with Gasteiger partial charge < -0.3 is 9.30 Å². The average Bonchev–Trinajstić information content (AvgIpc) is 3.22. The van der Waals surface area contributed by atoms with Crippen LogP contribution in [0.1, 0.15) is 34.1 Å². The number of nitrogens with zero attached hydrogens (tertiary/aromatic N) is 1. The Hall–Kier alpha value is -2.67. The minimum Gasteiger partial charge on any atom is -0.469 e. The first-order valence-electron chi connectivity index (χ1n) is 8.15. The first-order valence-corrected chi connectivity index (χ1v) is 9.80. The van der Waals surface area contributed by atoms with Crippen LogP contribution in [-0.2, 0) is 25.9 Å². The van der Waals surface area contributed by atoms with Gasteiger partial charge >= 0.3 is 5.97 Å². The minimum absolute atomic E-state index is 0.0111. The highest BCUT2D eigenvalue weighted by Crippen LogP contribution is 2.32. The highest BCUT2D eigenvalue weighted by Gasteiger charge is 2.33. The summed E-state index contributed by atoms with van der Waals surface area (Å²) in [6.45, 7) is 3.97. The fourth-order valence-electron chi connectivity index (χ4n) is 3.33. The lowest BCUT2D eigenvalue weighted by atomic mass is 10.1. The molecule has 0 amide bonds. The lowest BCUT2D eigenvalue weighted by molar-refractivity contribution is -0.142. The molecule has 3 rings (SSSR count). The van der Waals surface area contributed by atoms with Crippen LogP contribution in [0.3, 0.4) is 0 Å². The van der Waals surface area contributed by atoms with Crippen molar-refractivity contribution in [1.82, 2.24) is 4.57 Å². The predicted molar refractivity (Wildman–Crippen MR) is 95.9 cm³/mol. The number of carbonyl (C=O) groups excluding carboxylic acids is 2. The summed E-state index contributed by atoms with van der Waals surface area (Å²) in [5, 5.41) is 0. The first-order chi connectivity index (χ1) is 12.4. The molecule has 0 N–H and O–H groups in total. The Kier molecular flexibility index (Phi) is 4.82. The van der Waals surface area contributed by atoms with Crippen LogP contribution in [-0.4, -0.2) is 37.6 Å². The van der Waals surface area contributed by atoms with E-state index in [2.05, 4.69) is 6.58 Å². The Morgan fingerprint density at radius 3 is 2.69 bits per heavy atom. The average molecular weight is 373 g/mol. The molecule has 2 heterocycles. The number of rotatable bonds is 6. The van der Waals surface area contributed by atoms with Crippen LogP contribution in [0.4, 0.5) is 0 Å². The summed E-state index contributed by atoms with van der Waals surface area (Å²) < 4.78 is 31.5. The highest BCUT2D eigenvalue weighted by atomic mass is 32.2. The van der Waals surface area contributed by atoms with E-state index in [-0.39, 0.29) is 28.0 Å². The molecule has 1 aromatic carbocycles. The Balaban J connectivity index is 2.04. The fraction of sp³-hybridized carbons (Fsp3) is 0.263. The largest absolute Gasteiger partial charge is 0.469 e. The van der Waals surface area contributed by atoms with E-state index in [0.29, 0.717) is 24.4 Å². The van der Waals surface area contributed by atoms with Crippen LogP contribution in [0.2, 0.25) is 0 Å². The number of esters is 1. The number of methoxy groups -OCH3 is 1. The second kappa shape index (κ2) is 6.92. The van der Waals surface area contributed by atoms with Gasteiger partial charge in [0.1, 0.15) is 0 Å². The first kappa shape index (κ1) is 18.1. The van der Waals surface area contributed by atoms with Crippen molar-refractivity contribution in [2.45, 2.75) is 23.8 Å². The zero-order valence-corrected chi connectivity index (χ0v) is 15.2. The molecule has 1 unspecified atom stereocenters. The van der Waals surface area contributed by atoms with Crippen LogP contribution in [0.5, 0.6) is 0 Å². The van der Waals surface area contributed by atoms with E-state index >= 15 is 0 Å². The number of benzene rings is 1. The highest BCUT2D eigenvalue weighted by molar-refractivity contribution is 7.91. The monoisotopic (exact) mass is 373 g/mol. The van der Waals surface area contributed by atoms with Crippen LogP contribution >= 0.6 is 0 Å². The van der Waals surface area contributed by atoms with Crippen molar-refractivity contribution in [3.05, 3.63) is 66.0 Å². The molecule has 0 radical (unpaired) electrons. The van der Waals surface area contributed by atoms with Crippen molar-refractivity contribution in [2.24, 2.45) is 0 Å². The van der Waals surface area contributed by atoms with Gasteiger partial charge in [0.2, 0.25) is 5.78 Å². The summed E-state index contributed by atoms with van der Waals surface area (Å²) in [6.07, 6.45) is 1.85. The molecule has 1 atom stereocenters. The maximum absolute atomic E-state index is 13.1. The lowest BCUT2D eigenvalue weighted by Gasteiger charge is -2.10. The number of fused-ring (bicyclic) bond motifs is 1. The van der Waals surface area contributed by atoms with E-state index in [4.69, 9.17) is 4.74 Å². The van der Waals surface area contributed by atoms with Crippen molar-refractivity contribution in [1.29, 1.82) is 0 Å². The van der Waals surface area contributed by atoms with Crippen molar-refractivity contribution in [2.75, 3.05) is 12.9 Å². The van der Waals surface area contributed by atoms with Gasteiger partial charge in [-0.2, -0.15) is 0 Å². The topological polar surface area (TPSA) is 82.4 Å². The van der Waals surface area contributed by atoms with E-state index in [1.807, 2.05) is 0 Å². The van der Waals surface area contributed by atoms with Gasteiger partial charge in [0.25, 0.3) is 0 Å². The zero-order chi connectivity index (χ0) is 18.9. The molecule has 0 spiro atoms. The fourth-order valence-corrected chi connectivity index (χ4v) is 4.60. The normalized spacial score (nSPS) is 16.1. The number of hydrogen-bond acceptors (Lipinski definition) is 5. The van der Waals surface area contributed by atoms with Gasteiger partial charge in [-0.1, -0.05) is 18.2 Å². The van der Waals surface area contributed by atoms with E-state index in [1.54, 1.807) is 28.8 Å². The molecule has 6 nitrogen and oxygen atoms in total. The van der Waals surface area contributed by atoms with Gasteiger partial charge in [0, 0.05) is 17.8 Å². The van der Waals surface area contributed by atoms with Gasteiger partial charge in [-0.25, -0.2) is 8.42 Å². The second-order valence-electron chi connectivity index (χ2n) is 6.05. The minimum atomic E-state index is -3.64. The zero-order valence-electron chi connectivity index (χ0n) is 14.3. The van der Waals surface area contributed by atoms with Gasteiger partial charge in [0.05, 0.1) is 29.4 Å². The molecule has 26 heavy (non-hydrogen) atoms. The van der Waals surface area contributed by atoms with E-state index in [1.165, 1.54) is 25.3 Å². The quantitative estimate of drug-likeness (QED) is 0.441. The van der Waals surface area contributed by atoms with E-state index in [9.17, 15) is 18.0 Å². The molecule has 0 saturated carbocycles. The Morgan fingerprint density at radius 2 is 2.00 bits per heavy atom. The number of sulfone groups is 1. The number of ether oxygens (including phenoxy) is 1. The van der Waals surface area contributed by atoms with Crippen molar-refractivity contribution in [3.63, 3.8) is 0 Å². The molecule has 1 aliphatic rings. The van der Waals surface area contributed by atoms with Crippen molar-refractivity contribution in [3.8, 4) is 0 Å². The maximum atomic E-state index is 13.1. The molecule has 0 aliphatic carbocycles. The molecular formula is C19H19NO5S. The maximum Gasteiger partial charge on any atom is 0.314 e. The standard InChI is InChI=1S/C19H19NO5S/c1-3-12-26(23,24)17-7-5-4-6-14(17)18(21)16-9-8-15-13(19(22)25-2)10-11-20(15)16/h3-9,13H,1,10-12H2,2H3. The van der Waals surface area contributed by atoms with Crippen molar-refractivity contribution < 1.29 is 22.7 Å². The molecule has 1 aliphatic heterocycles. The van der Waals surface area contributed by atoms with Gasteiger partial charge in [-0.3, -0.25) is 9.59 Å². The summed E-state index contributed by atoms with van der Waals surface area (Å²) >= 11 is 0. The van der Waals surface area contributed by atoms with E-state index < -0.39 is 15.8 Å².